The molecule has 1 N–H and O–H groups in total. The van der Waals surface area contributed by atoms with Crippen molar-refractivity contribution in [2.24, 2.45) is 0 Å². The number of carbonyl (C=O) groups is 1. The van der Waals surface area contributed by atoms with Crippen LogP contribution >= 0.6 is 11.6 Å². The van der Waals surface area contributed by atoms with E-state index < -0.39 is 0 Å². The number of amides is 1. The summed E-state index contributed by atoms with van der Waals surface area (Å²) in [5.41, 5.74) is 1.11. The van der Waals surface area contributed by atoms with Crippen LogP contribution in [0.25, 0.3) is 0 Å². The van der Waals surface area contributed by atoms with Crippen LogP contribution in [0.4, 0.5) is 0 Å². The van der Waals surface area contributed by atoms with Crippen molar-refractivity contribution in [2.45, 2.75) is 44.8 Å². The lowest BCUT2D eigenvalue weighted by atomic mass is 10.1. The third-order valence-corrected chi connectivity index (χ3v) is 5.91. The number of likely N-dealkylation sites (tertiary alicyclic amines) is 2. The van der Waals surface area contributed by atoms with Crippen LogP contribution in [-0.2, 0) is 9.53 Å². The lowest BCUT2D eigenvalue weighted by Crippen LogP contribution is -2.46. The predicted octanol–water partition coefficient (Wildman–Crippen LogP) is 3.09. The lowest BCUT2D eigenvalue weighted by molar-refractivity contribution is -0.123. The van der Waals surface area contributed by atoms with Gasteiger partial charge in [0, 0.05) is 24.7 Å². The quantitative estimate of drug-likeness (QED) is 0.737. The maximum Gasteiger partial charge on any atom is 0.234 e. The van der Waals surface area contributed by atoms with Crippen molar-refractivity contribution >= 4 is 17.5 Å². The molecule has 2 aliphatic heterocycles. The Morgan fingerprint density at radius 2 is 2.04 bits per heavy atom. The number of halogens is 1. The summed E-state index contributed by atoms with van der Waals surface area (Å²) in [5, 5.41) is 3.93. The molecule has 0 aromatic heterocycles. The molecule has 0 bridgehead atoms. The molecule has 2 atom stereocenters. The molecule has 6 heteroatoms. The Kier molecular flexibility index (Phi) is 7.94. The van der Waals surface area contributed by atoms with Gasteiger partial charge in [-0.3, -0.25) is 14.6 Å². The van der Waals surface area contributed by atoms with Crippen LogP contribution in [0.1, 0.15) is 44.2 Å². The highest BCUT2D eigenvalue weighted by Crippen LogP contribution is 2.29. The number of nitrogens with one attached hydrogen (secondary N) is 1. The van der Waals surface area contributed by atoms with Crippen molar-refractivity contribution in [3.63, 3.8) is 0 Å². The van der Waals surface area contributed by atoms with Crippen molar-refractivity contribution < 1.29 is 9.53 Å². The van der Waals surface area contributed by atoms with Gasteiger partial charge in [0.05, 0.1) is 18.7 Å². The topological polar surface area (TPSA) is 44.8 Å². The molecule has 1 aromatic carbocycles. The van der Waals surface area contributed by atoms with Crippen molar-refractivity contribution in [2.75, 3.05) is 45.9 Å². The van der Waals surface area contributed by atoms with E-state index in [0.717, 1.165) is 56.2 Å². The number of ether oxygens (including phenoxy) is 1. The molecule has 27 heavy (non-hydrogen) atoms. The van der Waals surface area contributed by atoms with Crippen molar-refractivity contribution in [3.8, 4) is 0 Å². The SMILES string of the molecule is CCOC1CCCN(CC(=O)NCC(c2ccccc2Cl)N2CCCC2)C1. The number of benzene rings is 1. The zero-order chi connectivity index (χ0) is 19.1. The van der Waals surface area contributed by atoms with Gasteiger partial charge in [-0.2, -0.15) is 0 Å². The zero-order valence-corrected chi connectivity index (χ0v) is 17.1. The van der Waals surface area contributed by atoms with Gasteiger partial charge in [0.1, 0.15) is 0 Å². The first-order valence-electron chi connectivity index (χ1n) is 10.3. The molecule has 0 aliphatic carbocycles. The molecule has 3 rings (SSSR count). The molecule has 0 spiro atoms. The molecule has 2 aliphatic rings. The first-order valence-corrected chi connectivity index (χ1v) is 10.6. The van der Waals surface area contributed by atoms with Crippen LogP contribution in [0.3, 0.4) is 0 Å². The standard InChI is InChI=1S/C21H32ClN3O2/c1-2-27-17-8-7-11-24(15-17)16-21(26)23-14-20(25-12-5-6-13-25)18-9-3-4-10-19(18)22/h3-4,9-10,17,20H,2,5-8,11-16H2,1H3,(H,23,26). The molecule has 1 aromatic rings. The summed E-state index contributed by atoms with van der Waals surface area (Å²) in [6, 6.07) is 8.13. The molecular weight excluding hydrogens is 362 g/mol. The summed E-state index contributed by atoms with van der Waals surface area (Å²) >= 11 is 6.45. The second kappa shape index (κ2) is 10.4. The summed E-state index contributed by atoms with van der Waals surface area (Å²) < 4.78 is 5.74. The highest BCUT2D eigenvalue weighted by molar-refractivity contribution is 6.31. The molecule has 2 fully saturated rings. The monoisotopic (exact) mass is 393 g/mol. The van der Waals surface area contributed by atoms with E-state index >= 15 is 0 Å². The molecule has 5 nitrogen and oxygen atoms in total. The maximum atomic E-state index is 12.6. The first-order chi connectivity index (χ1) is 13.2. The average molecular weight is 394 g/mol. The maximum absolute atomic E-state index is 12.6. The fourth-order valence-electron chi connectivity index (χ4n) is 4.23. The van der Waals surface area contributed by atoms with Gasteiger partial charge in [-0.05, 0) is 63.9 Å². The third-order valence-electron chi connectivity index (χ3n) is 5.57. The number of piperidine rings is 1. The van der Waals surface area contributed by atoms with Crippen molar-refractivity contribution in [1.29, 1.82) is 0 Å². The lowest BCUT2D eigenvalue weighted by Gasteiger charge is -2.32. The molecular formula is C21H32ClN3O2. The second-order valence-corrected chi connectivity index (χ2v) is 7.95. The highest BCUT2D eigenvalue weighted by Gasteiger charge is 2.26. The minimum absolute atomic E-state index is 0.0865. The number of carbonyl (C=O) groups excluding carboxylic acids is 1. The van der Waals surface area contributed by atoms with Crippen LogP contribution in [0, 0.1) is 0 Å². The van der Waals surface area contributed by atoms with Crippen LogP contribution in [-0.4, -0.2) is 67.7 Å². The Labute approximate surface area is 168 Å². The van der Waals surface area contributed by atoms with E-state index in [1.807, 2.05) is 25.1 Å². The normalized spacial score (nSPS) is 22.7. The number of hydrogen-bond acceptors (Lipinski definition) is 4. The first kappa shape index (κ1) is 20.6. The van der Waals surface area contributed by atoms with E-state index in [0.29, 0.717) is 13.1 Å². The van der Waals surface area contributed by atoms with Gasteiger partial charge in [-0.1, -0.05) is 29.8 Å². The van der Waals surface area contributed by atoms with E-state index in [4.69, 9.17) is 16.3 Å². The summed E-state index contributed by atoms with van der Waals surface area (Å²) in [6.45, 7) is 7.75. The van der Waals surface area contributed by atoms with Gasteiger partial charge in [0.15, 0.2) is 0 Å². The smallest absolute Gasteiger partial charge is 0.234 e. The Morgan fingerprint density at radius 1 is 1.26 bits per heavy atom. The number of hydrogen-bond donors (Lipinski definition) is 1. The van der Waals surface area contributed by atoms with Gasteiger partial charge in [-0.25, -0.2) is 0 Å². The fraction of sp³-hybridized carbons (Fsp3) is 0.667. The molecule has 1 amide bonds. The highest BCUT2D eigenvalue weighted by atomic mass is 35.5. The Bertz CT molecular complexity index is 605. The van der Waals surface area contributed by atoms with E-state index in [-0.39, 0.29) is 18.1 Å². The van der Waals surface area contributed by atoms with E-state index in [2.05, 4.69) is 21.2 Å². The molecule has 0 saturated carbocycles. The largest absolute Gasteiger partial charge is 0.377 e. The number of nitrogens with zero attached hydrogens (tertiary/aromatic N) is 2. The summed E-state index contributed by atoms with van der Waals surface area (Å²) in [4.78, 5) is 17.2. The van der Waals surface area contributed by atoms with Gasteiger partial charge in [0.2, 0.25) is 5.91 Å². The van der Waals surface area contributed by atoms with Crippen molar-refractivity contribution in [3.05, 3.63) is 34.9 Å². The van der Waals surface area contributed by atoms with Gasteiger partial charge in [-0.15, -0.1) is 0 Å². The Hall–Kier alpha value is -1.14. The van der Waals surface area contributed by atoms with Crippen LogP contribution in [0.2, 0.25) is 5.02 Å². The summed E-state index contributed by atoms with van der Waals surface area (Å²) in [6.07, 6.45) is 4.86. The Morgan fingerprint density at radius 3 is 2.78 bits per heavy atom. The van der Waals surface area contributed by atoms with E-state index in [1.165, 1.54) is 12.8 Å². The minimum atomic E-state index is 0.0865. The van der Waals surface area contributed by atoms with Crippen molar-refractivity contribution in [1.82, 2.24) is 15.1 Å². The third kappa shape index (κ3) is 5.92. The van der Waals surface area contributed by atoms with Crippen LogP contribution in [0.15, 0.2) is 24.3 Å². The molecule has 2 saturated heterocycles. The van der Waals surface area contributed by atoms with Gasteiger partial charge < -0.3 is 10.1 Å². The summed E-state index contributed by atoms with van der Waals surface area (Å²) in [7, 11) is 0. The van der Waals surface area contributed by atoms with Gasteiger partial charge >= 0.3 is 0 Å². The zero-order valence-electron chi connectivity index (χ0n) is 16.3. The number of rotatable bonds is 8. The van der Waals surface area contributed by atoms with E-state index in [9.17, 15) is 4.79 Å². The molecule has 2 unspecified atom stereocenters. The van der Waals surface area contributed by atoms with E-state index in [1.54, 1.807) is 0 Å². The minimum Gasteiger partial charge on any atom is -0.377 e. The van der Waals surface area contributed by atoms with Gasteiger partial charge in [0.25, 0.3) is 0 Å². The average Bonchev–Trinajstić information content (AvgIpc) is 3.18. The fourth-order valence-corrected chi connectivity index (χ4v) is 4.49. The molecule has 2 heterocycles. The van der Waals surface area contributed by atoms with Crippen LogP contribution < -0.4 is 5.32 Å². The molecule has 0 radical (unpaired) electrons. The Balaban J connectivity index is 1.55. The second-order valence-electron chi connectivity index (χ2n) is 7.54. The predicted molar refractivity (Wildman–Crippen MR) is 109 cm³/mol. The molecule has 150 valence electrons. The summed E-state index contributed by atoms with van der Waals surface area (Å²) in [5.74, 6) is 0.0865. The van der Waals surface area contributed by atoms with Crippen LogP contribution in [0.5, 0.6) is 0 Å².